The van der Waals surface area contributed by atoms with Crippen molar-refractivity contribution in [3.8, 4) is 17.0 Å². The quantitative estimate of drug-likeness (QED) is 0.851. The Labute approximate surface area is 155 Å². The van der Waals surface area contributed by atoms with E-state index in [0.29, 0.717) is 17.3 Å². The molecule has 2 atom stereocenters. The van der Waals surface area contributed by atoms with Gasteiger partial charge >= 0.3 is 6.18 Å². The molecule has 2 aromatic rings. The van der Waals surface area contributed by atoms with E-state index in [-0.39, 0.29) is 17.2 Å². The van der Waals surface area contributed by atoms with Gasteiger partial charge in [-0.05, 0) is 63.2 Å². The van der Waals surface area contributed by atoms with E-state index in [9.17, 15) is 23.4 Å². The summed E-state index contributed by atoms with van der Waals surface area (Å²) in [7, 11) is 2.01. The summed E-state index contributed by atoms with van der Waals surface area (Å²) >= 11 is 0. The van der Waals surface area contributed by atoms with Crippen molar-refractivity contribution >= 4 is 0 Å². The number of alkyl halides is 3. The number of aliphatic hydroxyl groups is 1. The van der Waals surface area contributed by atoms with Gasteiger partial charge in [-0.15, -0.1) is 5.10 Å². The molecule has 1 aromatic carbocycles. The Morgan fingerprint density at radius 2 is 1.96 bits per heavy atom. The first kappa shape index (κ1) is 19.6. The maximum atomic E-state index is 12.8. The van der Waals surface area contributed by atoms with Crippen LogP contribution in [0.25, 0.3) is 11.3 Å². The molecule has 0 aliphatic carbocycles. The number of hydrogen-bond acceptors (Lipinski definition) is 5. The van der Waals surface area contributed by atoms with E-state index in [2.05, 4.69) is 15.1 Å². The number of phenolic OH excluding ortho intramolecular Hbond substituents is 1. The van der Waals surface area contributed by atoms with Crippen molar-refractivity contribution in [2.75, 3.05) is 20.1 Å². The van der Waals surface area contributed by atoms with Gasteiger partial charge in [-0.25, -0.2) is 0 Å². The van der Waals surface area contributed by atoms with Gasteiger partial charge in [0.05, 0.1) is 17.0 Å². The minimum absolute atomic E-state index is 0.0581. The molecule has 1 unspecified atom stereocenters. The average Bonchev–Trinajstić information content (AvgIpc) is 2.60. The van der Waals surface area contributed by atoms with E-state index in [1.807, 2.05) is 7.05 Å². The molecular weight excluding hydrogens is 359 g/mol. The first-order valence-corrected chi connectivity index (χ1v) is 8.78. The number of benzene rings is 1. The van der Waals surface area contributed by atoms with Crippen molar-refractivity contribution in [3.05, 3.63) is 41.1 Å². The second-order valence-corrected chi connectivity index (χ2v) is 7.14. The number of aromatic hydroxyl groups is 1. The van der Waals surface area contributed by atoms with Crippen LogP contribution in [-0.2, 0) is 6.18 Å². The van der Waals surface area contributed by atoms with Gasteiger partial charge in [0.1, 0.15) is 11.9 Å². The molecule has 1 aromatic heterocycles. The van der Waals surface area contributed by atoms with E-state index in [1.165, 1.54) is 6.07 Å². The minimum atomic E-state index is -4.53. The summed E-state index contributed by atoms with van der Waals surface area (Å²) in [5.74, 6) is -0.452. The van der Waals surface area contributed by atoms with Crippen LogP contribution in [0.5, 0.6) is 5.75 Å². The van der Waals surface area contributed by atoms with Gasteiger partial charge in [0.2, 0.25) is 0 Å². The van der Waals surface area contributed by atoms with E-state index in [0.717, 1.165) is 32.0 Å². The first-order valence-electron chi connectivity index (χ1n) is 8.78. The summed E-state index contributed by atoms with van der Waals surface area (Å²) < 4.78 is 38.3. The van der Waals surface area contributed by atoms with Crippen LogP contribution in [0.2, 0.25) is 0 Å². The molecule has 5 nitrogen and oxygen atoms in total. The lowest BCUT2D eigenvalue weighted by atomic mass is 9.90. The number of aromatic nitrogens is 2. The highest BCUT2D eigenvalue weighted by Gasteiger charge is 2.31. The molecule has 1 aliphatic heterocycles. The summed E-state index contributed by atoms with van der Waals surface area (Å²) in [6, 6.07) is 4.44. The van der Waals surface area contributed by atoms with Crippen molar-refractivity contribution in [2.24, 2.45) is 5.92 Å². The number of piperidine rings is 1. The smallest absolute Gasteiger partial charge is 0.416 e. The topological polar surface area (TPSA) is 69.5 Å². The fraction of sp³-hybridized carbons (Fsp3) is 0.474. The Hall–Kier alpha value is -2.19. The largest absolute Gasteiger partial charge is 0.507 e. The van der Waals surface area contributed by atoms with Crippen LogP contribution in [0.3, 0.4) is 0 Å². The lowest BCUT2D eigenvalue weighted by Gasteiger charge is -2.32. The maximum absolute atomic E-state index is 12.8. The van der Waals surface area contributed by atoms with Crippen LogP contribution in [-0.4, -0.2) is 45.4 Å². The first-order chi connectivity index (χ1) is 12.7. The molecule has 2 N–H and O–H groups in total. The number of likely N-dealkylation sites (tertiary alicyclic amines) is 1. The van der Waals surface area contributed by atoms with Crippen LogP contribution in [0.1, 0.15) is 35.8 Å². The van der Waals surface area contributed by atoms with Gasteiger partial charge < -0.3 is 15.1 Å². The Bertz CT molecular complexity index is 826. The van der Waals surface area contributed by atoms with Gasteiger partial charge in [-0.2, -0.15) is 18.3 Å². The molecule has 1 saturated heterocycles. The summed E-state index contributed by atoms with van der Waals surface area (Å²) in [6.07, 6.45) is -3.39. The molecule has 2 heterocycles. The third-order valence-corrected chi connectivity index (χ3v) is 4.99. The highest BCUT2D eigenvalue weighted by atomic mass is 19.4. The minimum Gasteiger partial charge on any atom is -0.507 e. The van der Waals surface area contributed by atoms with Crippen molar-refractivity contribution in [2.45, 2.75) is 32.0 Å². The highest BCUT2D eigenvalue weighted by Crippen LogP contribution is 2.37. The van der Waals surface area contributed by atoms with E-state index >= 15 is 0 Å². The van der Waals surface area contributed by atoms with E-state index in [4.69, 9.17) is 0 Å². The zero-order chi connectivity index (χ0) is 19.8. The van der Waals surface area contributed by atoms with Crippen molar-refractivity contribution in [1.29, 1.82) is 0 Å². The standard InChI is InChI=1S/C19H22F3N3O2/c1-11-8-15(18(27)12-4-3-7-25(2)10-12)23-24-17(11)14-6-5-13(9-16(14)26)19(20,21)22/h5-6,8-9,12,18,26-27H,3-4,7,10H2,1-2H3/t12?,18-/m1/s1. The molecule has 0 amide bonds. The van der Waals surface area contributed by atoms with Crippen LogP contribution in [0.15, 0.2) is 24.3 Å². The Morgan fingerprint density at radius 1 is 1.22 bits per heavy atom. The lowest BCUT2D eigenvalue weighted by Crippen LogP contribution is -2.35. The Morgan fingerprint density at radius 3 is 2.56 bits per heavy atom. The third kappa shape index (κ3) is 4.22. The summed E-state index contributed by atoms with van der Waals surface area (Å²) in [6.45, 7) is 3.49. The molecule has 0 radical (unpaired) electrons. The number of nitrogens with zero attached hydrogens (tertiary/aromatic N) is 3. The molecule has 3 rings (SSSR count). The predicted molar refractivity (Wildman–Crippen MR) is 94.1 cm³/mol. The van der Waals surface area contributed by atoms with Gasteiger partial charge in [-0.3, -0.25) is 0 Å². The summed E-state index contributed by atoms with van der Waals surface area (Å²) in [5.41, 5.74) is 0.591. The molecule has 1 aliphatic rings. The van der Waals surface area contributed by atoms with Crippen molar-refractivity contribution in [1.82, 2.24) is 15.1 Å². The monoisotopic (exact) mass is 381 g/mol. The SMILES string of the molecule is Cc1cc([C@H](O)C2CCCN(C)C2)nnc1-c1ccc(C(F)(F)F)cc1O. The second kappa shape index (κ2) is 7.44. The summed E-state index contributed by atoms with van der Waals surface area (Å²) in [4.78, 5) is 2.16. The lowest BCUT2D eigenvalue weighted by molar-refractivity contribution is -0.137. The van der Waals surface area contributed by atoms with Gasteiger partial charge in [0, 0.05) is 18.0 Å². The van der Waals surface area contributed by atoms with Gasteiger partial charge in [0.25, 0.3) is 0 Å². The van der Waals surface area contributed by atoms with Gasteiger partial charge in [-0.1, -0.05) is 0 Å². The number of phenols is 1. The van der Waals surface area contributed by atoms with Crippen LogP contribution in [0, 0.1) is 12.8 Å². The molecule has 0 bridgehead atoms. The van der Waals surface area contributed by atoms with E-state index in [1.54, 1.807) is 13.0 Å². The highest BCUT2D eigenvalue weighted by molar-refractivity contribution is 5.69. The number of hydrogen-bond donors (Lipinski definition) is 2. The van der Waals surface area contributed by atoms with Crippen LogP contribution in [0.4, 0.5) is 13.2 Å². The number of rotatable bonds is 3. The van der Waals surface area contributed by atoms with Crippen LogP contribution >= 0.6 is 0 Å². The Balaban J connectivity index is 1.87. The zero-order valence-electron chi connectivity index (χ0n) is 15.2. The molecule has 27 heavy (non-hydrogen) atoms. The fourth-order valence-corrected chi connectivity index (χ4v) is 3.53. The molecule has 1 fully saturated rings. The maximum Gasteiger partial charge on any atom is 0.416 e. The molecule has 0 saturated carbocycles. The predicted octanol–water partition coefficient (Wildman–Crippen LogP) is 3.55. The van der Waals surface area contributed by atoms with Crippen molar-refractivity contribution < 1.29 is 23.4 Å². The normalized spacial score (nSPS) is 19.9. The van der Waals surface area contributed by atoms with Gasteiger partial charge in [0.15, 0.2) is 0 Å². The number of aryl methyl sites for hydroxylation is 1. The Kier molecular flexibility index (Phi) is 5.39. The number of halogens is 3. The zero-order valence-corrected chi connectivity index (χ0v) is 15.2. The fourth-order valence-electron chi connectivity index (χ4n) is 3.53. The van der Waals surface area contributed by atoms with Crippen LogP contribution < -0.4 is 0 Å². The van der Waals surface area contributed by atoms with Crippen molar-refractivity contribution in [3.63, 3.8) is 0 Å². The third-order valence-electron chi connectivity index (χ3n) is 4.99. The molecular formula is C19H22F3N3O2. The second-order valence-electron chi connectivity index (χ2n) is 7.14. The summed E-state index contributed by atoms with van der Waals surface area (Å²) in [5, 5.41) is 28.8. The molecule has 0 spiro atoms. The van der Waals surface area contributed by atoms with E-state index < -0.39 is 23.6 Å². The molecule has 8 heteroatoms. The average molecular weight is 381 g/mol. The molecule has 146 valence electrons. The number of aliphatic hydroxyl groups excluding tert-OH is 1.